The molecule has 0 spiro atoms. The molecule has 1 atom stereocenters. The average Bonchev–Trinajstić information content (AvgIpc) is 2.62. The first-order valence-electron chi connectivity index (χ1n) is 7.90. The third-order valence-electron chi connectivity index (χ3n) is 3.99. The summed E-state index contributed by atoms with van der Waals surface area (Å²) in [6, 6.07) is 9.53. The van der Waals surface area contributed by atoms with Gasteiger partial charge >= 0.3 is 6.03 Å². The summed E-state index contributed by atoms with van der Waals surface area (Å²) in [5.41, 5.74) is 0.980. The second-order valence-corrected chi connectivity index (χ2v) is 5.76. The van der Waals surface area contributed by atoms with Crippen LogP contribution in [0.15, 0.2) is 42.5 Å². The Morgan fingerprint density at radius 3 is 2.84 bits per heavy atom. The molecule has 3 rings (SSSR count). The standard InChI is InChI=1S/C18H18F2N2O3/c19-13-3-1-2-12(8-13)16-5-4-14(9-17(16)20)21-18(24)22-6-7-25-15(10-22)11-23/h1-5,8-9,15,23H,6-7,10-11H2,(H,21,24)/t15-/m1/s1. The number of nitrogens with one attached hydrogen (secondary N) is 1. The third kappa shape index (κ3) is 4.12. The van der Waals surface area contributed by atoms with E-state index in [-0.39, 0.29) is 24.7 Å². The molecule has 2 aromatic carbocycles. The first kappa shape index (κ1) is 17.3. The topological polar surface area (TPSA) is 61.8 Å². The van der Waals surface area contributed by atoms with Crippen LogP contribution in [0, 0.1) is 11.6 Å². The highest BCUT2D eigenvalue weighted by Gasteiger charge is 2.23. The van der Waals surface area contributed by atoms with Gasteiger partial charge in [0.05, 0.1) is 25.9 Å². The van der Waals surface area contributed by atoms with Crippen LogP contribution in [0.4, 0.5) is 19.3 Å². The molecule has 1 saturated heterocycles. The summed E-state index contributed by atoms with van der Waals surface area (Å²) < 4.78 is 32.9. The quantitative estimate of drug-likeness (QED) is 0.897. The third-order valence-corrected chi connectivity index (χ3v) is 3.99. The molecular formula is C18H18F2N2O3. The zero-order chi connectivity index (χ0) is 17.8. The summed E-state index contributed by atoms with van der Waals surface area (Å²) >= 11 is 0. The fourth-order valence-electron chi connectivity index (χ4n) is 2.70. The number of carbonyl (C=O) groups excluding carboxylic acids is 1. The Kier molecular flexibility index (Phi) is 5.25. The van der Waals surface area contributed by atoms with E-state index in [9.17, 15) is 13.6 Å². The van der Waals surface area contributed by atoms with Gasteiger partial charge in [0.25, 0.3) is 0 Å². The van der Waals surface area contributed by atoms with Gasteiger partial charge in [-0.3, -0.25) is 0 Å². The van der Waals surface area contributed by atoms with E-state index in [4.69, 9.17) is 9.84 Å². The van der Waals surface area contributed by atoms with Crippen molar-refractivity contribution in [2.24, 2.45) is 0 Å². The predicted octanol–water partition coefficient (Wildman–Crippen LogP) is 2.86. The number of nitrogens with zero attached hydrogens (tertiary/aromatic N) is 1. The van der Waals surface area contributed by atoms with Crippen molar-refractivity contribution in [3.8, 4) is 11.1 Å². The summed E-state index contributed by atoms with van der Waals surface area (Å²) in [7, 11) is 0. The van der Waals surface area contributed by atoms with Gasteiger partial charge in [0.15, 0.2) is 0 Å². The molecule has 0 aromatic heterocycles. The van der Waals surface area contributed by atoms with Gasteiger partial charge in [-0.15, -0.1) is 0 Å². The number of morpholine rings is 1. The van der Waals surface area contributed by atoms with E-state index in [1.54, 1.807) is 12.1 Å². The Labute approximate surface area is 143 Å². The maximum atomic E-state index is 14.3. The molecule has 2 N–H and O–H groups in total. The monoisotopic (exact) mass is 348 g/mol. The summed E-state index contributed by atoms with van der Waals surface area (Å²) in [6.45, 7) is 0.838. The van der Waals surface area contributed by atoms with Gasteiger partial charge in [0, 0.05) is 17.8 Å². The number of anilines is 1. The Morgan fingerprint density at radius 2 is 2.12 bits per heavy atom. The highest BCUT2D eigenvalue weighted by atomic mass is 19.1. The molecule has 2 amide bonds. The number of hydrogen-bond donors (Lipinski definition) is 2. The number of halogens is 2. The predicted molar refractivity (Wildman–Crippen MR) is 89.2 cm³/mol. The van der Waals surface area contributed by atoms with Crippen molar-refractivity contribution in [1.29, 1.82) is 0 Å². The smallest absolute Gasteiger partial charge is 0.322 e. The molecule has 0 radical (unpaired) electrons. The van der Waals surface area contributed by atoms with Crippen molar-refractivity contribution in [3.05, 3.63) is 54.1 Å². The zero-order valence-electron chi connectivity index (χ0n) is 13.4. The lowest BCUT2D eigenvalue weighted by Crippen LogP contribution is -2.48. The van der Waals surface area contributed by atoms with Crippen LogP contribution in [0.25, 0.3) is 11.1 Å². The van der Waals surface area contributed by atoms with E-state index < -0.39 is 17.7 Å². The van der Waals surface area contributed by atoms with Crippen LogP contribution in [-0.4, -0.2) is 48.4 Å². The molecule has 1 aliphatic heterocycles. The van der Waals surface area contributed by atoms with Crippen molar-refractivity contribution in [1.82, 2.24) is 4.90 Å². The largest absolute Gasteiger partial charge is 0.394 e. The molecular weight excluding hydrogens is 330 g/mol. The van der Waals surface area contributed by atoms with Crippen molar-refractivity contribution in [3.63, 3.8) is 0 Å². The van der Waals surface area contributed by atoms with E-state index in [1.165, 1.54) is 35.2 Å². The molecule has 25 heavy (non-hydrogen) atoms. The van der Waals surface area contributed by atoms with E-state index in [2.05, 4.69) is 5.32 Å². The van der Waals surface area contributed by atoms with E-state index in [0.29, 0.717) is 24.4 Å². The molecule has 0 unspecified atom stereocenters. The number of amides is 2. The minimum absolute atomic E-state index is 0.166. The number of ether oxygens (including phenoxy) is 1. The highest BCUT2D eigenvalue weighted by molar-refractivity contribution is 5.89. The molecule has 5 nitrogen and oxygen atoms in total. The molecule has 0 saturated carbocycles. The maximum Gasteiger partial charge on any atom is 0.322 e. The van der Waals surface area contributed by atoms with Crippen LogP contribution in [0.1, 0.15) is 0 Å². The number of aliphatic hydroxyl groups excluding tert-OH is 1. The van der Waals surface area contributed by atoms with Crippen molar-refractivity contribution < 1.29 is 23.4 Å². The number of carbonyl (C=O) groups is 1. The summed E-state index contributed by atoms with van der Waals surface area (Å²) in [6.07, 6.45) is -0.411. The second kappa shape index (κ2) is 7.58. The Balaban J connectivity index is 1.71. The number of rotatable bonds is 3. The molecule has 1 fully saturated rings. The number of urea groups is 1. The SMILES string of the molecule is O=C(Nc1ccc(-c2cccc(F)c2)c(F)c1)N1CCO[C@@H](CO)C1. The fraction of sp³-hybridized carbons (Fsp3) is 0.278. The van der Waals surface area contributed by atoms with Crippen LogP contribution >= 0.6 is 0 Å². The molecule has 0 bridgehead atoms. The number of aliphatic hydroxyl groups is 1. The van der Waals surface area contributed by atoms with Gasteiger partial charge in [-0.25, -0.2) is 13.6 Å². The fourth-order valence-corrected chi connectivity index (χ4v) is 2.70. The summed E-state index contributed by atoms with van der Waals surface area (Å²) in [5.74, 6) is -1.00. The minimum atomic E-state index is -0.557. The lowest BCUT2D eigenvalue weighted by molar-refractivity contribution is -0.0388. The normalized spacial score (nSPS) is 17.4. The zero-order valence-corrected chi connectivity index (χ0v) is 13.4. The van der Waals surface area contributed by atoms with Crippen LogP contribution in [0.3, 0.4) is 0 Å². The Morgan fingerprint density at radius 1 is 1.28 bits per heavy atom. The lowest BCUT2D eigenvalue weighted by atomic mass is 10.0. The van der Waals surface area contributed by atoms with E-state index in [1.807, 2.05) is 0 Å². The van der Waals surface area contributed by atoms with Gasteiger partial charge < -0.3 is 20.1 Å². The van der Waals surface area contributed by atoms with Crippen LogP contribution < -0.4 is 5.32 Å². The molecule has 2 aromatic rings. The Hall–Kier alpha value is -2.51. The Bertz CT molecular complexity index is 770. The molecule has 1 aliphatic rings. The van der Waals surface area contributed by atoms with Crippen molar-refractivity contribution in [2.75, 3.05) is 31.6 Å². The summed E-state index contributed by atoms with van der Waals surface area (Å²) in [4.78, 5) is 13.7. The number of hydrogen-bond acceptors (Lipinski definition) is 3. The van der Waals surface area contributed by atoms with Gasteiger partial charge in [0.1, 0.15) is 11.6 Å². The minimum Gasteiger partial charge on any atom is -0.394 e. The van der Waals surface area contributed by atoms with E-state index >= 15 is 0 Å². The first-order chi connectivity index (χ1) is 12.1. The second-order valence-electron chi connectivity index (χ2n) is 5.76. The van der Waals surface area contributed by atoms with E-state index in [0.717, 1.165) is 0 Å². The highest BCUT2D eigenvalue weighted by Crippen LogP contribution is 2.26. The van der Waals surface area contributed by atoms with Gasteiger partial charge in [-0.2, -0.15) is 0 Å². The average molecular weight is 348 g/mol. The lowest BCUT2D eigenvalue weighted by Gasteiger charge is -2.32. The van der Waals surface area contributed by atoms with Crippen LogP contribution in [-0.2, 0) is 4.74 Å². The first-order valence-corrected chi connectivity index (χ1v) is 7.90. The number of benzene rings is 2. The maximum absolute atomic E-state index is 14.3. The molecule has 0 aliphatic carbocycles. The summed E-state index contributed by atoms with van der Waals surface area (Å²) in [5, 5.41) is 11.7. The van der Waals surface area contributed by atoms with Gasteiger partial charge in [0.2, 0.25) is 0 Å². The van der Waals surface area contributed by atoms with Crippen molar-refractivity contribution in [2.45, 2.75) is 6.10 Å². The van der Waals surface area contributed by atoms with Crippen LogP contribution in [0.5, 0.6) is 0 Å². The van der Waals surface area contributed by atoms with Crippen LogP contribution in [0.2, 0.25) is 0 Å². The van der Waals surface area contributed by atoms with Gasteiger partial charge in [-0.1, -0.05) is 12.1 Å². The van der Waals surface area contributed by atoms with Gasteiger partial charge in [-0.05, 0) is 35.9 Å². The molecule has 1 heterocycles. The molecule has 7 heteroatoms. The van der Waals surface area contributed by atoms with Crippen molar-refractivity contribution >= 4 is 11.7 Å². The molecule has 132 valence electrons.